The highest BCUT2D eigenvalue weighted by Gasteiger charge is 2.09. The van der Waals surface area contributed by atoms with Gasteiger partial charge in [0.05, 0.1) is 17.4 Å². The Morgan fingerprint density at radius 3 is 2.60 bits per heavy atom. The summed E-state index contributed by atoms with van der Waals surface area (Å²) in [6.45, 7) is 2.65. The summed E-state index contributed by atoms with van der Waals surface area (Å²) in [5.74, 6) is -0.166. The van der Waals surface area contributed by atoms with Gasteiger partial charge in [0.25, 0.3) is 5.91 Å². The number of anilines is 1. The molecule has 7 heteroatoms. The molecule has 0 aliphatic heterocycles. The first-order valence-electron chi connectivity index (χ1n) is 7.96. The third-order valence-electron chi connectivity index (χ3n) is 3.81. The normalized spacial score (nSPS) is 10.4. The topological polar surface area (TPSA) is 98.9 Å². The summed E-state index contributed by atoms with van der Waals surface area (Å²) in [6, 6.07) is 12.3. The number of urea groups is 1. The number of nitrogens with zero attached hydrogens (tertiary/aromatic N) is 1. The Morgan fingerprint density at radius 1 is 1.04 bits per heavy atom. The lowest BCUT2D eigenvalue weighted by molar-refractivity contribution is 0.0954. The first-order valence-corrected chi connectivity index (χ1v) is 7.96. The van der Waals surface area contributed by atoms with Gasteiger partial charge < -0.3 is 16.0 Å². The third-order valence-corrected chi connectivity index (χ3v) is 3.81. The summed E-state index contributed by atoms with van der Waals surface area (Å²) in [5, 5.41) is 16.1. The molecule has 3 amide bonds. The fraction of sp³-hybridized carbons (Fsp3) is 0.167. The largest absolute Gasteiger partial charge is 0.350 e. The Hall–Kier alpha value is -3.35. The van der Waals surface area contributed by atoms with Gasteiger partial charge >= 0.3 is 6.03 Å². The van der Waals surface area contributed by atoms with Gasteiger partial charge in [-0.3, -0.25) is 9.89 Å². The lowest BCUT2D eigenvalue weighted by Crippen LogP contribution is -2.36. The fourth-order valence-electron chi connectivity index (χ4n) is 2.49. The maximum absolute atomic E-state index is 12.0. The van der Waals surface area contributed by atoms with Gasteiger partial charge in [-0.15, -0.1) is 0 Å². The van der Waals surface area contributed by atoms with Crippen LogP contribution in [0.25, 0.3) is 10.9 Å². The molecular weight excluding hydrogens is 318 g/mol. The van der Waals surface area contributed by atoms with Gasteiger partial charge in [-0.1, -0.05) is 24.3 Å². The number of rotatable bonds is 5. The van der Waals surface area contributed by atoms with Crippen molar-refractivity contribution in [3.05, 3.63) is 59.8 Å². The third kappa shape index (κ3) is 3.95. The first kappa shape index (κ1) is 16.5. The molecule has 1 heterocycles. The molecule has 0 spiro atoms. The van der Waals surface area contributed by atoms with E-state index in [1.807, 2.05) is 25.1 Å². The second-order valence-corrected chi connectivity index (χ2v) is 5.59. The van der Waals surface area contributed by atoms with Gasteiger partial charge in [-0.2, -0.15) is 5.10 Å². The van der Waals surface area contributed by atoms with Gasteiger partial charge in [0.15, 0.2) is 0 Å². The van der Waals surface area contributed by atoms with Crippen LogP contribution in [-0.2, 0) is 0 Å². The molecule has 0 aliphatic carbocycles. The summed E-state index contributed by atoms with van der Waals surface area (Å²) < 4.78 is 0. The number of fused-ring (bicyclic) bond motifs is 1. The average Bonchev–Trinajstić information content (AvgIpc) is 3.13. The van der Waals surface area contributed by atoms with E-state index < -0.39 is 0 Å². The van der Waals surface area contributed by atoms with Crippen LogP contribution in [0.1, 0.15) is 15.9 Å². The molecule has 4 N–H and O–H groups in total. The number of hydrogen-bond acceptors (Lipinski definition) is 3. The molecule has 0 bridgehead atoms. The molecule has 0 atom stereocenters. The molecule has 128 valence electrons. The zero-order chi connectivity index (χ0) is 17.6. The zero-order valence-electron chi connectivity index (χ0n) is 13.8. The zero-order valence-corrected chi connectivity index (χ0v) is 13.8. The number of amides is 3. The number of aromatic amines is 1. The number of H-pyrrole nitrogens is 1. The molecule has 0 fully saturated rings. The Morgan fingerprint density at radius 2 is 1.80 bits per heavy atom. The van der Waals surface area contributed by atoms with Crippen molar-refractivity contribution in [2.75, 3.05) is 18.4 Å². The van der Waals surface area contributed by atoms with Crippen LogP contribution in [-0.4, -0.2) is 35.2 Å². The second kappa shape index (κ2) is 7.48. The van der Waals surface area contributed by atoms with E-state index in [1.54, 1.807) is 30.5 Å². The standard InChI is InChI=1S/C18H19N5O2/c1-12-7-8-15(16-14(12)11-21-23-16)22-18(25)20-10-9-19-17(24)13-5-3-2-4-6-13/h2-8,11H,9-10H2,1H3,(H,19,24)(H,21,23)(H2,20,22,25). The van der Waals surface area contributed by atoms with Gasteiger partial charge in [-0.25, -0.2) is 4.79 Å². The van der Waals surface area contributed by atoms with Gasteiger partial charge in [-0.05, 0) is 30.7 Å². The molecule has 3 aromatic rings. The highest BCUT2D eigenvalue weighted by Crippen LogP contribution is 2.23. The number of benzene rings is 2. The van der Waals surface area contributed by atoms with Crippen LogP contribution in [0, 0.1) is 6.92 Å². The van der Waals surface area contributed by atoms with Crippen molar-refractivity contribution < 1.29 is 9.59 Å². The molecule has 2 aromatic carbocycles. The Balaban J connectivity index is 1.47. The van der Waals surface area contributed by atoms with Crippen LogP contribution < -0.4 is 16.0 Å². The van der Waals surface area contributed by atoms with E-state index in [0.29, 0.717) is 24.3 Å². The number of aromatic nitrogens is 2. The van der Waals surface area contributed by atoms with Crippen LogP contribution in [0.5, 0.6) is 0 Å². The molecular formula is C18H19N5O2. The SMILES string of the molecule is Cc1ccc(NC(=O)NCCNC(=O)c2ccccc2)c2[nH]ncc12. The van der Waals surface area contributed by atoms with Crippen LogP contribution in [0.3, 0.4) is 0 Å². The highest BCUT2D eigenvalue weighted by atomic mass is 16.2. The van der Waals surface area contributed by atoms with Crippen molar-refractivity contribution >= 4 is 28.5 Å². The predicted octanol–water partition coefficient (Wildman–Crippen LogP) is 2.42. The quantitative estimate of drug-likeness (QED) is 0.538. The highest BCUT2D eigenvalue weighted by molar-refractivity contribution is 6.00. The van der Waals surface area contributed by atoms with E-state index in [0.717, 1.165) is 16.5 Å². The summed E-state index contributed by atoms with van der Waals surface area (Å²) in [4.78, 5) is 23.9. The van der Waals surface area contributed by atoms with E-state index >= 15 is 0 Å². The minimum absolute atomic E-state index is 0.166. The van der Waals surface area contributed by atoms with Crippen LogP contribution >= 0.6 is 0 Å². The molecule has 0 saturated carbocycles. The molecule has 3 rings (SSSR count). The molecule has 0 saturated heterocycles. The maximum Gasteiger partial charge on any atom is 0.319 e. The summed E-state index contributed by atoms with van der Waals surface area (Å²) in [6.07, 6.45) is 1.73. The predicted molar refractivity (Wildman–Crippen MR) is 96.6 cm³/mol. The van der Waals surface area contributed by atoms with Crippen LogP contribution in [0.4, 0.5) is 10.5 Å². The fourth-order valence-corrected chi connectivity index (χ4v) is 2.49. The molecule has 0 unspecified atom stereocenters. The van der Waals surface area contributed by atoms with Crippen molar-refractivity contribution in [2.45, 2.75) is 6.92 Å². The number of carbonyl (C=O) groups excluding carboxylic acids is 2. The molecule has 25 heavy (non-hydrogen) atoms. The molecule has 7 nitrogen and oxygen atoms in total. The van der Waals surface area contributed by atoms with E-state index in [1.165, 1.54) is 0 Å². The lowest BCUT2D eigenvalue weighted by Gasteiger charge is -2.10. The van der Waals surface area contributed by atoms with E-state index in [2.05, 4.69) is 26.1 Å². The number of hydrogen-bond donors (Lipinski definition) is 4. The number of carbonyl (C=O) groups is 2. The maximum atomic E-state index is 12.0. The second-order valence-electron chi connectivity index (χ2n) is 5.59. The van der Waals surface area contributed by atoms with Crippen LogP contribution in [0.15, 0.2) is 48.7 Å². The Labute approximate surface area is 144 Å². The van der Waals surface area contributed by atoms with Gasteiger partial charge in [0, 0.05) is 24.0 Å². The summed E-state index contributed by atoms with van der Waals surface area (Å²) in [7, 11) is 0. The monoisotopic (exact) mass is 337 g/mol. The van der Waals surface area contributed by atoms with Gasteiger partial charge in [0.1, 0.15) is 0 Å². The first-order chi connectivity index (χ1) is 12.1. The molecule has 1 aromatic heterocycles. The van der Waals surface area contributed by atoms with Crippen molar-refractivity contribution in [3.8, 4) is 0 Å². The van der Waals surface area contributed by atoms with E-state index in [4.69, 9.17) is 0 Å². The van der Waals surface area contributed by atoms with E-state index in [-0.39, 0.29) is 11.9 Å². The molecule has 0 aliphatic rings. The summed E-state index contributed by atoms with van der Waals surface area (Å²) >= 11 is 0. The Kier molecular flexibility index (Phi) is 4.94. The number of nitrogens with one attached hydrogen (secondary N) is 4. The van der Waals surface area contributed by atoms with Gasteiger partial charge in [0.2, 0.25) is 0 Å². The summed E-state index contributed by atoms with van der Waals surface area (Å²) in [5.41, 5.74) is 3.11. The Bertz CT molecular complexity index is 889. The van der Waals surface area contributed by atoms with Crippen LogP contribution in [0.2, 0.25) is 0 Å². The number of aryl methyl sites for hydroxylation is 1. The molecule has 0 radical (unpaired) electrons. The van der Waals surface area contributed by atoms with Crippen molar-refractivity contribution in [3.63, 3.8) is 0 Å². The minimum Gasteiger partial charge on any atom is -0.350 e. The van der Waals surface area contributed by atoms with Crippen molar-refractivity contribution in [1.29, 1.82) is 0 Å². The van der Waals surface area contributed by atoms with E-state index in [9.17, 15) is 9.59 Å². The van der Waals surface area contributed by atoms with Crippen molar-refractivity contribution in [1.82, 2.24) is 20.8 Å². The lowest BCUT2D eigenvalue weighted by atomic mass is 10.1. The average molecular weight is 337 g/mol. The minimum atomic E-state index is -0.339. The van der Waals surface area contributed by atoms with Crippen molar-refractivity contribution in [2.24, 2.45) is 0 Å². The smallest absolute Gasteiger partial charge is 0.319 e.